The van der Waals surface area contributed by atoms with Crippen LogP contribution in [0.15, 0.2) is 30.3 Å². The number of aliphatic carboxylic acids is 1. The predicted molar refractivity (Wildman–Crippen MR) is 123 cm³/mol. The first kappa shape index (κ1) is 22.9. The van der Waals surface area contributed by atoms with E-state index in [0.29, 0.717) is 17.6 Å². The SMILES string of the molecule is CC(C)(C)[C@H]1CC[C@H](Oc2ccc(C3=CC(CCCCC(=O)O)NCC3)cc2)CC1. The quantitative estimate of drug-likeness (QED) is 0.509. The molecule has 2 N–H and O–H groups in total. The summed E-state index contributed by atoms with van der Waals surface area (Å²) in [6.07, 6.45) is 11.5. The highest BCUT2D eigenvalue weighted by Gasteiger charge is 2.30. The highest BCUT2D eigenvalue weighted by molar-refractivity contribution is 5.67. The van der Waals surface area contributed by atoms with Crippen LogP contribution in [0, 0.1) is 11.3 Å². The van der Waals surface area contributed by atoms with Crippen LogP contribution in [0.1, 0.15) is 84.1 Å². The van der Waals surface area contributed by atoms with Gasteiger partial charge in [0, 0.05) is 12.5 Å². The van der Waals surface area contributed by atoms with E-state index in [2.05, 4.69) is 56.4 Å². The van der Waals surface area contributed by atoms with Crippen LogP contribution in [0.4, 0.5) is 0 Å². The van der Waals surface area contributed by atoms with Gasteiger partial charge >= 0.3 is 5.97 Å². The summed E-state index contributed by atoms with van der Waals surface area (Å²) in [5, 5.41) is 12.3. The molecule has 4 nitrogen and oxygen atoms in total. The molecule has 30 heavy (non-hydrogen) atoms. The number of nitrogens with one attached hydrogen (secondary N) is 1. The zero-order chi connectivity index (χ0) is 21.6. The predicted octanol–water partition coefficient (Wildman–Crippen LogP) is 6.06. The van der Waals surface area contributed by atoms with Crippen molar-refractivity contribution in [1.82, 2.24) is 5.32 Å². The Bertz CT molecular complexity index is 709. The third kappa shape index (κ3) is 6.87. The van der Waals surface area contributed by atoms with Crippen LogP contribution in [-0.2, 0) is 4.79 Å². The van der Waals surface area contributed by atoms with E-state index in [1.54, 1.807) is 0 Å². The number of ether oxygens (including phenoxy) is 1. The maximum atomic E-state index is 10.7. The monoisotopic (exact) mass is 413 g/mol. The van der Waals surface area contributed by atoms with Gasteiger partial charge in [0.05, 0.1) is 6.10 Å². The highest BCUT2D eigenvalue weighted by Crippen LogP contribution is 2.38. The lowest BCUT2D eigenvalue weighted by Crippen LogP contribution is -2.32. The summed E-state index contributed by atoms with van der Waals surface area (Å²) in [5.41, 5.74) is 3.06. The van der Waals surface area contributed by atoms with Gasteiger partial charge in [-0.1, -0.05) is 45.4 Å². The molecule has 0 spiro atoms. The third-order valence-corrected chi connectivity index (χ3v) is 6.79. The molecule has 1 aliphatic heterocycles. The number of unbranched alkanes of at least 4 members (excludes halogenated alkanes) is 1. The first-order valence-electron chi connectivity index (χ1n) is 11.7. The van der Waals surface area contributed by atoms with E-state index in [1.807, 2.05) is 0 Å². The normalized spacial score (nSPS) is 24.9. The number of hydrogen-bond acceptors (Lipinski definition) is 3. The first-order chi connectivity index (χ1) is 14.3. The van der Waals surface area contributed by atoms with Gasteiger partial charge in [-0.05, 0) is 86.1 Å². The number of carboxylic acids is 1. The summed E-state index contributed by atoms with van der Waals surface area (Å²) in [5.74, 6) is 1.09. The topological polar surface area (TPSA) is 58.6 Å². The van der Waals surface area contributed by atoms with E-state index in [0.717, 1.165) is 56.7 Å². The highest BCUT2D eigenvalue weighted by atomic mass is 16.5. The zero-order valence-corrected chi connectivity index (χ0v) is 19.0. The van der Waals surface area contributed by atoms with Gasteiger partial charge in [-0.15, -0.1) is 0 Å². The summed E-state index contributed by atoms with van der Waals surface area (Å²) in [6.45, 7) is 8.04. The van der Waals surface area contributed by atoms with Crippen molar-refractivity contribution in [2.45, 2.75) is 90.7 Å². The van der Waals surface area contributed by atoms with Crippen molar-refractivity contribution in [3.05, 3.63) is 35.9 Å². The summed E-state index contributed by atoms with van der Waals surface area (Å²) in [4.78, 5) is 10.7. The lowest BCUT2D eigenvalue weighted by atomic mass is 9.72. The number of hydrogen-bond donors (Lipinski definition) is 2. The summed E-state index contributed by atoms with van der Waals surface area (Å²) < 4.78 is 6.28. The van der Waals surface area contributed by atoms with E-state index < -0.39 is 5.97 Å². The maximum absolute atomic E-state index is 10.7. The van der Waals surface area contributed by atoms with E-state index >= 15 is 0 Å². The molecule has 0 amide bonds. The average molecular weight is 414 g/mol. The lowest BCUT2D eigenvalue weighted by Gasteiger charge is -2.37. The second kappa shape index (κ2) is 10.5. The van der Waals surface area contributed by atoms with Gasteiger partial charge < -0.3 is 15.2 Å². The van der Waals surface area contributed by atoms with Crippen LogP contribution in [0.25, 0.3) is 5.57 Å². The van der Waals surface area contributed by atoms with E-state index in [1.165, 1.54) is 24.0 Å². The lowest BCUT2D eigenvalue weighted by molar-refractivity contribution is -0.137. The molecule has 1 aromatic carbocycles. The fraction of sp³-hybridized carbons (Fsp3) is 0.654. The van der Waals surface area contributed by atoms with Crippen molar-refractivity contribution in [3.63, 3.8) is 0 Å². The molecule has 166 valence electrons. The molecular formula is C26H39NO3. The number of rotatable bonds is 8. The van der Waals surface area contributed by atoms with Gasteiger partial charge in [-0.2, -0.15) is 0 Å². The van der Waals surface area contributed by atoms with Crippen LogP contribution < -0.4 is 10.1 Å². The number of carbonyl (C=O) groups is 1. The molecule has 0 radical (unpaired) electrons. The van der Waals surface area contributed by atoms with E-state index in [4.69, 9.17) is 9.84 Å². The number of benzene rings is 1. The Labute approximate surface area is 182 Å². The van der Waals surface area contributed by atoms with Crippen LogP contribution in [-0.4, -0.2) is 29.8 Å². The molecular weight excluding hydrogens is 374 g/mol. The van der Waals surface area contributed by atoms with Crippen molar-refractivity contribution in [2.75, 3.05) is 6.54 Å². The van der Waals surface area contributed by atoms with Gasteiger partial charge in [-0.3, -0.25) is 4.79 Å². The van der Waals surface area contributed by atoms with Gasteiger partial charge in [0.1, 0.15) is 5.75 Å². The molecule has 1 saturated carbocycles. The molecule has 4 heteroatoms. The average Bonchev–Trinajstić information content (AvgIpc) is 2.72. The maximum Gasteiger partial charge on any atom is 0.303 e. The van der Waals surface area contributed by atoms with Crippen LogP contribution in [0.3, 0.4) is 0 Å². The molecule has 0 saturated heterocycles. The van der Waals surface area contributed by atoms with Gasteiger partial charge in [0.15, 0.2) is 0 Å². The number of carboxylic acid groups (broad SMARTS) is 1. The standard InChI is InChI=1S/C26H39NO3/c1-26(2,3)21-10-14-24(15-11-21)30-23-12-8-19(9-13-23)20-16-17-27-22(18-20)6-4-5-7-25(28)29/h8-9,12-13,18,21-22,24,27H,4-7,10-11,14-17H2,1-3H3,(H,28,29)/t21-,22?,24-. The molecule has 1 heterocycles. The first-order valence-corrected chi connectivity index (χ1v) is 11.7. The Kier molecular flexibility index (Phi) is 7.99. The van der Waals surface area contributed by atoms with Crippen molar-refractivity contribution >= 4 is 11.5 Å². The molecule has 1 aromatic rings. The minimum absolute atomic E-state index is 0.266. The molecule has 0 bridgehead atoms. The van der Waals surface area contributed by atoms with E-state index in [-0.39, 0.29) is 6.42 Å². The Balaban J connectivity index is 1.49. The Hall–Kier alpha value is -1.81. The second-order valence-corrected chi connectivity index (χ2v) is 10.1. The summed E-state index contributed by atoms with van der Waals surface area (Å²) in [7, 11) is 0. The molecule has 2 aliphatic rings. The Morgan fingerprint density at radius 2 is 1.80 bits per heavy atom. The Morgan fingerprint density at radius 1 is 1.10 bits per heavy atom. The van der Waals surface area contributed by atoms with Crippen LogP contribution in [0.5, 0.6) is 5.75 Å². The van der Waals surface area contributed by atoms with Crippen molar-refractivity contribution in [3.8, 4) is 5.75 Å². The van der Waals surface area contributed by atoms with Gasteiger partial charge in [-0.25, -0.2) is 0 Å². The van der Waals surface area contributed by atoms with Crippen LogP contribution >= 0.6 is 0 Å². The molecule has 1 fully saturated rings. The fourth-order valence-corrected chi connectivity index (χ4v) is 4.83. The third-order valence-electron chi connectivity index (χ3n) is 6.79. The van der Waals surface area contributed by atoms with Crippen molar-refractivity contribution in [1.29, 1.82) is 0 Å². The zero-order valence-electron chi connectivity index (χ0n) is 19.0. The minimum atomic E-state index is -0.701. The Morgan fingerprint density at radius 3 is 2.43 bits per heavy atom. The smallest absolute Gasteiger partial charge is 0.303 e. The van der Waals surface area contributed by atoms with E-state index in [9.17, 15) is 4.79 Å². The van der Waals surface area contributed by atoms with Crippen molar-refractivity contribution < 1.29 is 14.6 Å². The molecule has 0 aromatic heterocycles. The van der Waals surface area contributed by atoms with Gasteiger partial charge in [0.2, 0.25) is 0 Å². The van der Waals surface area contributed by atoms with Gasteiger partial charge in [0.25, 0.3) is 0 Å². The molecule has 1 atom stereocenters. The molecule has 1 aliphatic carbocycles. The fourth-order valence-electron chi connectivity index (χ4n) is 4.83. The second-order valence-electron chi connectivity index (χ2n) is 10.1. The summed E-state index contributed by atoms with van der Waals surface area (Å²) >= 11 is 0. The van der Waals surface area contributed by atoms with Crippen LogP contribution in [0.2, 0.25) is 0 Å². The summed E-state index contributed by atoms with van der Waals surface area (Å²) in [6, 6.07) is 8.96. The minimum Gasteiger partial charge on any atom is -0.490 e. The molecule has 1 unspecified atom stereocenters. The molecule has 3 rings (SSSR count). The van der Waals surface area contributed by atoms with Crippen molar-refractivity contribution in [2.24, 2.45) is 11.3 Å². The largest absolute Gasteiger partial charge is 0.490 e.